The molecule has 0 saturated heterocycles. The molecule has 130 valence electrons. The first-order valence-electron chi connectivity index (χ1n) is 8.52. The topological polar surface area (TPSA) is 45.1 Å². The van der Waals surface area contributed by atoms with Gasteiger partial charge in [-0.05, 0) is 24.7 Å². The first-order valence-corrected chi connectivity index (χ1v) is 8.52. The molecule has 0 spiro atoms. The van der Waals surface area contributed by atoms with Crippen molar-refractivity contribution in [2.75, 3.05) is 33.3 Å². The van der Waals surface area contributed by atoms with E-state index in [-0.39, 0.29) is 5.91 Å². The predicted molar refractivity (Wildman–Crippen MR) is 98.7 cm³/mol. The normalized spacial score (nSPS) is 13.8. The lowest BCUT2D eigenvalue weighted by molar-refractivity contribution is -0.131. The SMILES string of the molecule is CN(CCOc1ccccc1)CC(=O)N1CCC(c2ccccc2)=N1. The van der Waals surface area contributed by atoms with E-state index in [1.165, 1.54) is 0 Å². The average Bonchev–Trinajstić information content (AvgIpc) is 3.14. The number of carbonyl (C=O) groups excluding carboxylic acids is 1. The summed E-state index contributed by atoms with van der Waals surface area (Å²) in [5.41, 5.74) is 2.06. The van der Waals surface area contributed by atoms with E-state index in [1.807, 2.05) is 72.6 Å². The van der Waals surface area contributed by atoms with Crippen molar-refractivity contribution in [3.8, 4) is 5.75 Å². The molecule has 3 rings (SSSR count). The van der Waals surface area contributed by atoms with Gasteiger partial charge in [-0.15, -0.1) is 0 Å². The van der Waals surface area contributed by atoms with E-state index >= 15 is 0 Å². The highest BCUT2D eigenvalue weighted by atomic mass is 16.5. The summed E-state index contributed by atoms with van der Waals surface area (Å²) in [6.07, 6.45) is 0.802. The van der Waals surface area contributed by atoms with E-state index in [1.54, 1.807) is 5.01 Å². The van der Waals surface area contributed by atoms with Crippen LogP contribution in [0.2, 0.25) is 0 Å². The Kier molecular flexibility index (Phi) is 5.80. The van der Waals surface area contributed by atoms with Crippen molar-refractivity contribution < 1.29 is 9.53 Å². The second kappa shape index (κ2) is 8.44. The van der Waals surface area contributed by atoms with Gasteiger partial charge in [-0.25, -0.2) is 5.01 Å². The van der Waals surface area contributed by atoms with E-state index in [9.17, 15) is 4.79 Å². The summed E-state index contributed by atoms with van der Waals surface area (Å²) in [6.45, 7) is 2.22. The van der Waals surface area contributed by atoms with Crippen molar-refractivity contribution in [2.24, 2.45) is 5.10 Å². The van der Waals surface area contributed by atoms with Gasteiger partial charge in [0.2, 0.25) is 0 Å². The van der Waals surface area contributed by atoms with Crippen LogP contribution in [0.25, 0.3) is 0 Å². The van der Waals surface area contributed by atoms with E-state index in [2.05, 4.69) is 5.10 Å². The zero-order valence-corrected chi connectivity index (χ0v) is 14.5. The molecule has 0 bridgehead atoms. The lowest BCUT2D eigenvalue weighted by atomic mass is 10.1. The van der Waals surface area contributed by atoms with Crippen molar-refractivity contribution in [3.05, 3.63) is 66.2 Å². The monoisotopic (exact) mass is 337 g/mol. The van der Waals surface area contributed by atoms with Crippen LogP contribution in [0, 0.1) is 0 Å². The highest BCUT2D eigenvalue weighted by Crippen LogP contribution is 2.14. The fourth-order valence-electron chi connectivity index (χ4n) is 2.70. The van der Waals surface area contributed by atoms with Gasteiger partial charge in [0.15, 0.2) is 0 Å². The Balaban J connectivity index is 1.45. The number of amides is 1. The van der Waals surface area contributed by atoms with Gasteiger partial charge in [-0.3, -0.25) is 9.69 Å². The molecular weight excluding hydrogens is 314 g/mol. The first-order chi connectivity index (χ1) is 12.2. The summed E-state index contributed by atoms with van der Waals surface area (Å²) in [4.78, 5) is 14.4. The van der Waals surface area contributed by atoms with Crippen molar-refractivity contribution in [1.29, 1.82) is 0 Å². The van der Waals surface area contributed by atoms with Gasteiger partial charge in [-0.1, -0.05) is 48.5 Å². The van der Waals surface area contributed by atoms with Crippen LogP contribution in [0.15, 0.2) is 65.8 Å². The summed E-state index contributed by atoms with van der Waals surface area (Å²) < 4.78 is 5.66. The Hall–Kier alpha value is -2.66. The van der Waals surface area contributed by atoms with Crippen LogP contribution in [0.4, 0.5) is 0 Å². The maximum atomic E-state index is 12.4. The molecule has 0 N–H and O–H groups in total. The number of ether oxygens (including phenoxy) is 1. The number of carbonyl (C=O) groups is 1. The third kappa shape index (κ3) is 4.90. The molecule has 1 aliphatic rings. The quantitative estimate of drug-likeness (QED) is 0.780. The lowest BCUT2D eigenvalue weighted by Gasteiger charge is -2.19. The number of para-hydroxylation sites is 1. The van der Waals surface area contributed by atoms with Gasteiger partial charge in [0.25, 0.3) is 5.91 Å². The van der Waals surface area contributed by atoms with Gasteiger partial charge in [-0.2, -0.15) is 5.10 Å². The molecule has 5 nitrogen and oxygen atoms in total. The standard InChI is InChI=1S/C20H23N3O2/c1-22(14-15-25-18-10-6-3-7-11-18)16-20(24)23-13-12-19(21-23)17-8-4-2-5-9-17/h2-11H,12-16H2,1H3. The van der Waals surface area contributed by atoms with Crippen LogP contribution >= 0.6 is 0 Å². The van der Waals surface area contributed by atoms with Gasteiger partial charge in [0.05, 0.1) is 18.8 Å². The van der Waals surface area contributed by atoms with Crippen LogP contribution in [0.1, 0.15) is 12.0 Å². The van der Waals surface area contributed by atoms with E-state index in [0.717, 1.165) is 23.4 Å². The molecule has 0 unspecified atom stereocenters. The molecule has 1 aliphatic heterocycles. The smallest absolute Gasteiger partial charge is 0.256 e. The number of hydrogen-bond acceptors (Lipinski definition) is 4. The third-order valence-corrected chi connectivity index (χ3v) is 4.09. The molecule has 5 heteroatoms. The number of likely N-dealkylation sites (N-methyl/N-ethyl adjacent to an activating group) is 1. The highest BCUT2D eigenvalue weighted by Gasteiger charge is 2.22. The fourth-order valence-corrected chi connectivity index (χ4v) is 2.70. The fraction of sp³-hybridized carbons (Fsp3) is 0.300. The Labute approximate surface area is 148 Å². The summed E-state index contributed by atoms with van der Waals surface area (Å²) >= 11 is 0. The number of hydrazone groups is 1. The highest BCUT2D eigenvalue weighted by molar-refractivity contribution is 6.02. The van der Waals surface area contributed by atoms with Crippen molar-refractivity contribution >= 4 is 11.6 Å². The van der Waals surface area contributed by atoms with Crippen LogP contribution in [-0.4, -0.2) is 54.8 Å². The van der Waals surface area contributed by atoms with Gasteiger partial charge < -0.3 is 4.74 Å². The van der Waals surface area contributed by atoms with E-state index in [0.29, 0.717) is 26.2 Å². The van der Waals surface area contributed by atoms with Crippen molar-refractivity contribution in [1.82, 2.24) is 9.91 Å². The van der Waals surface area contributed by atoms with Crippen LogP contribution in [-0.2, 0) is 4.79 Å². The molecule has 1 heterocycles. The average molecular weight is 337 g/mol. The third-order valence-electron chi connectivity index (χ3n) is 4.09. The minimum atomic E-state index is 0.0214. The van der Waals surface area contributed by atoms with Gasteiger partial charge in [0.1, 0.15) is 12.4 Å². The molecule has 0 fully saturated rings. The largest absolute Gasteiger partial charge is 0.492 e. The van der Waals surface area contributed by atoms with E-state index in [4.69, 9.17) is 4.74 Å². The lowest BCUT2D eigenvalue weighted by Crippen LogP contribution is -2.36. The van der Waals surface area contributed by atoms with E-state index < -0.39 is 0 Å². The molecule has 2 aromatic rings. The molecule has 0 aromatic heterocycles. The number of rotatable bonds is 7. The van der Waals surface area contributed by atoms with Gasteiger partial charge >= 0.3 is 0 Å². The van der Waals surface area contributed by atoms with Crippen LogP contribution in [0.5, 0.6) is 5.75 Å². The minimum absolute atomic E-state index is 0.0214. The molecule has 0 atom stereocenters. The molecule has 25 heavy (non-hydrogen) atoms. The maximum Gasteiger partial charge on any atom is 0.256 e. The number of nitrogens with zero attached hydrogens (tertiary/aromatic N) is 3. The van der Waals surface area contributed by atoms with Gasteiger partial charge in [0, 0.05) is 13.0 Å². The Morgan fingerprint density at radius 2 is 1.80 bits per heavy atom. The summed E-state index contributed by atoms with van der Waals surface area (Å²) in [7, 11) is 1.92. The van der Waals surface area contributed by atoms with Crippen molar-refractivity contribution in [3.63, 3.8) is 0 Å². The summed E-state index contributed by atoms with van der Waals surface area (Å²) in [5.74, 6) is 0.868. The molecule has 0 radical (unpaired) electrons. The molecule has 0 aliphatic carbocycles. The Bertz CT molecular complexity index is 716. The number of benzene rings is 2. The Morgan fingerprint density at radius 1 is 1.12 bits per heavy atom. The number of hydrogen-bond donors (Lipinski definition) is 0. The Morgan fingerprint density at radius 3 is 2.52 bits per heavy atom. The predicted octanol–water partition coefficient (Wildman–Crippen LogP) is 2.63. The zero-order chi connectivity index (χ0) is 17.5. The first kappa shape index (κ1) is 17.2. The second-order valence-corrected chi connectivity index (χ2v) is 6.08. The second-order valence-electron chi connectivity index (χ2n) is 6.08. The molecule has 0 saturated carbocycles. The molecule has 2 aromatic carbocycles. The van der Waals surface area contributed by atoms with Crippen LogP contribution in [0.3, 0.4) is 0 Å². The maximum absolute atomic E-state index is 12.4. The van der Waals surface area contributed by atoms with Crippen molar-refractivity contribution in [2.45, 2.75) is 6.42 Å². The molecule has 1 amide bonds. The summed E-state index contributed by atoms with van der Waals surface area (Å²) in [5, 5.41) is 6.06. The minimum Gasteiger partial charge on any atom is -0.492 e. The summed E-state index contributed by atoms with van der Waals surface area (Å²) in [6, 6.07) is 19.7. The van der Waals surface area contributed by atoms with Crippen LogP contribution < -0.4 is 4.74 Å². The molecular formula is C20H23N3O2. The zero-order valence-electron chi connectivity index (χ0n) is 14.5.